The van der Waals surface area contributed by atoms with Crippen molar-refractivity contribution < 1.29 is 17.9 Å². The predicted octanol–water partition coefficient (Wildman–Crippen LogP) is 2.87. The van der Waals surface area contributed by atoms with E-state index in [-0.39, 0.29) is 22.4 Å². The average molecular weight is 497 g/mol. The van der Waals surface area contributed by atoms with Crippen LogP contribution in [0.1, 0.15) is 10.5 Å². The Kier molecular flexibility index (Phi) is 5.43. The number of hydrogen-bond acceptors (Lipinski definition) is 9. The summed E-state index contributed by atoms with van der Waals surface area (Å²) >= 11 is 1.32. The molecule has 0 fully saturated rings. The summed E-state index contributed by atoms with van der Waals surface area (Å²) in [5.74, 6) is -0.266. The van der Waals surface area contributed by atoms with Crippen LogP contribution in [-0.2, 0) is 10.0 Å². The lowest BCUT2D eigenvalue weighted by atomic mass is 10.0. The van der Waals surface area contributed by atoms with Crippen LogP contribution in [0.5, 0.6) is 5.88 Å². The Balaban J connectivity index is 1.54. The van der Waals surface area contributed by atoms with Gasteiger partial charge in [0.15, 0.2) is 0 Å². The Hall–Kier alpha value is -4.30. The number of carbonyl (C=O) groups is 1. The molecule has 0 saturated carbocycles. The van der Waals surface area contributed by atoms with Crippen molar-refractivity contribution in [3.05, 3.63) is 59.6 Å². The molecule has 172 valence electrons. The van der Waals surface area contributed by atoms with E-state index in [1.807, 2.05) is 6.07 Å². The molecule has 4 aromatic heterocycles. The first-order valence-electron chi connectivity index (χ1n) is 9.67. The van der Waals surface area contributed by atoms with Crippen LogP contribution in [0, 0.1) is 0 Å². The van der Waals surface area contributed by atoms with Gasteiger partial charge in [-0.1, -0.05) is 0 Å². The van der Waals surface area contributed by atoms with Gasteiger partial charge in [0.1, 0.15) is 16.3 Å². The maximum absolute atomic E-state index is 12.7. The highest BCUT2D eigenvalue weighted by Gasteiger charge is 2.20. The van der Waals surface area contributed by atoms with Gasteiger partial charge in [0, 0.05) is 28.7 Å². The van der Waals surface area contributed by atoms with Gasteiger partial charge >= 0.3 is 0 Å². The first-order valence-corrected chi connectivity index (χ1v) is 12.1. The van der Waals surface area contributed by atoms with Crippen molar-refractivity contribution in [1.82, 2.24) is 30.4 Å². The molecule has 4 heterocycles. The van der Waals surface area contributed by atoms with Gasteiger partial charge in [0.25, 0.3) is 15.9 Å². The van der Waals surface area contributed by atoms with E-state index >= 15 is 0 Å². The maximum atomic E-state index is 12.7. The number of ether oxygens (including phenoxy) is 1. The van der Waals surface area contributed by atoms with Gasteiger partial charge in [0.2, 0.25) is 5.88 Å². The summed E-state index contributed by atoms with van der Waals surface area (Å²) in [5.41, 5.74) is 4.43. The minimum absolute atomic E-state index is 0.0362. The van der Waals surface area contributed by atoms with Crippen molar-refractivity contribution in [2.24, 2.45) is 0 Å². The highest BCUT2D eigenvalue weighted by molar-refractivity contribution is 7.92. The van der Waals surface area contributed by atoms with Gasteiger partial charge in [0.05, 0.1) is 36.2 Å². The Labute approximate surface area is 196 Å². The summed E-state index contributed by atoms with van der Waals surface area (Å²) in [6, 6.07) is 5.16. The number of methoxy groups -OCH3 is 1. The van der Waals surface area contributed by atoms with Crippen molar-refractivity contribution in [3.63, 3.8) is 0 Å². The molecule has 1 aromatic carbocycles. The third-order valence-electron chi connectivity index (χ3n) is 4.88. The SMILES string of the molecule is COc1ncc(-c2cc(NC(=O)c3cscn3)c3cn[nH]c3c2)cc1NS(=O)(=O)c1cn[nH]c1. The van der Waals surface area contributed by atoms with Crippen molar-refractivity contribution in [2.75, 3.05) is 17.1 Å². The molecule has 34 heavy (non-hydrogen) atoms. The molecule has 0 aliphatic carbocycles. The number of amides is 1. The molecule has 12 nitrogen and oxygen atoms in total. The van der Waals surface area contributed by atoms with Crippen LogP contribution < -0.4 is 14.8 Å². The van der Waals surface area contributed by atoms with Crippen LogP contribution in [0.3, 0.4) is 0 Å². The molecule has 0 aliphatic heterocycles. The second kappa shape index (κ2) is 8.57. The van der Waals surface area contributed by atoms with Gasteiger partial charge in [-0.25, -0.2) is 18.4 Å². The van der Waals surface area contributed by atoms with Crippen LogP contribution in [0.4, 0.5) is 11.4 Å². The zero-order valence-electron chi connectivity index (χ0n) is 17.4. The van der Waals surface area contributed by atoms with E-state index in [4.69, 9.17) is 4.74 Å². The van der Waals surface area contributed by atoms with Gasteiger partial charge in [-0.3, -0.25) is 19.7 Å². The molecule has 0 radical (unpaired) electrons. The Morgan fingerprint density at radius 1 is 1.06 bits per heavy atom. The molecular weight excluding hydrogens is 480 g/mol. The molecule has 14 heteroatoms. The lowest BCUT2D eigenvalue weighted by molar-refractivity contribution is 0.102. The van der Waals surface area contributed by atoms with Gasteiger partial charge < -0.3 is 10.1 Å². The first kappa shape index (κ1) is 21.5. The van der Waals surface area contributed by atoms with Gasteiger partial charge in [-0.15, -0.1) is 11.3 Å². The molecule has 0 aliphatic rings. The van der Waals surface area contributed by atoms with E-state index in [1.54, 1.807) is 29.2 Å². The molecule has 4 N–H and O–H groups in total. The number of aromatic amines is 2. The van der Waals surface area contributed by atoms with E-state index in [2.05, 4.69) is 40.4 Å². The first-order chi connectivity index (χ1) is 16.4. The molecule has 0 atom stereocenters. The monoisotopic (exact) mass is 496 g/mol. The number of hydrogen-bond donors (Lipinski definition) is 4. The highest BCUT2D eigenvalue weighted by atomic mass is 32.2. The van der Waals surface area contributed by atoms with Crippen molar-refractivity contribution in [3.8, 4) is 17.0 Å². The van der Waals surface area contributed by atoms with Crippen molar-refractivity contribution >= 4 is 49.5 Å². The Morgan fingerprint density at radius 2 is 1.91 bits per heavy atom. The highest BCUT2D eigenvalue weighted by Crippen LogP contribution is 2.34. The quantitative estimate of drug-likeness (QED) is 0.267. The zero-order valence-corrected chi connectivity index (χ0v) is 19.1. The number of pyridine rings is 1. The van der Waals surface area contributed by atoms with Gasteiger partial charge in [-0.05, 0) is 23.8 Å². The summed E-state index contributed by atoms with van der Waals surface area (Å²) in [6.07, 6.45) is 5.59. The topological polar surface area (TPSA) is 168 Å². The Morgan fingerprint density at radius 3 is 2.65 bits per heavy atom. The number of nitrogens with one attached hydrogen (secondary N) is 4. The number of carbonyl (C=O) groups excluding carboxylic acids is 1. The standard InChI is InChI=1S/C20H16N8O4S2/c1-32-20-17(28-34(30,31)13-6-23-24-7-13)4-12(5-21-20)11-2-15(14-8-25-27-16(14)3-11)26-19(29)18-9-33-10-22-18/h2-10,28H,1H3,(H,23,24)(H,25,27)(H,26,29). The van der Waals surface area contributed by atoms with E-state index in [9.17, 15) is 13.2 Å². The van der Waals surface area contributed by atoms with Gasteiger partial charge in [-0.2, -0.15) is 10.2 Å². The molecule has 0 spiro atoms. The molecule has 1 amide bonds. The Bertz CT molecular complexity index is 1580. The predicted molar refractivity (Wildman–Crippen MR) is 125 cm³/mol. The van der Waals surface area contributed by atoms with E-state index in [0.717, 1.165) is 0 Å². The van der Waals surface area contributed by atoms with Crippen LogP contribution in [0.2, 0.25) is 0 Å². The van der Waals surface area contributed by atoms with Crippen LogP contribution in [0.25, 0.3) is 22.0 Å². The third kappa shape index (κ3) is 4.06. The number of rotatable bonds is 7. The summed E-state index contributed by atoms with van der Waals surface area (Å²) < 4.78 is 33.1. The lowest BCUT2D eigenvalue weighted by Crippen LogP contribution is -2.13. The van der Waals surface area contributed by atoms with Crippen LogP contribution in [-0.4, -0.2) is 51.8 Å². The minimum atomic E-state index is -3.92. The van der Waals surface area contributed by atoms with Crippen LogP contribution >= 0.6 is 11.3 Å². The number of sulfonamides is 1. The number of nitrogens with zero attached hydrogens (tertiary/aromatic N) is 4. The lowest BCUT2D eigenvalue weighted by Gasteiger charge is -2.13. The largest absolute Gasteiger partial charge is 0.480 e. The number of aromatic nitrogens is 6. The number of fused-ring (bicyclic) bond motifs is 1. The van der Waals surface area contributed by atoms with Crippen LogP contribution in [0.15, 0.2) is 58.8 Å². The summed E-state index contributed by atoms with van der Waals surface area (Å²) in [5, 5.41) is 18.3. The molecule has 5 rings (SSSR count). The normalized spacial score (nSPS) is 11.4. The third-order valence-corrected chi connectivity index (χ3v) is 6.80. The summed E-state index contributed by atoms with van der Waals surface area (Å²) in [7, 11) is -2.53. The molecular formula is C20H16N8O4S2. The van der Waals surface area contributed by atoms with Crippen molar-refractivity contribution in [2.45, 2.75) is 4.90 Å². The number of H-pyrrole nitrogens is 2. The zero-order chi connectivity index (χ0) is 23.7. The maximum Gasteiger partial charge on any atom is 0.275 e. The number of benzene rings is 1. The smallest absolute Gasteiger partial charge is 0.275 e. The number of thiazole rings is 1. The fraction of sp³-hybridized carbons (Fsp3) is 0.0500. The number of anilines is 2. The molecule has 5 aromatic rings. The second-order valence-electron chi connectivity index (χ2n) is 7.00. The second-order valence-corrected chi connectivity index (χ2v) is 9.40. The average Bonchev–Trinajstić information content (AvgIpc) is 3.61. The molecule has 0 bridgehead atoms. The minimum Gasteiger partial charge on any atom is -0.480 e. The fourth-order valence-corrected chi connectivity index (χ4v) is 4.75. The van der Waals surface area contributed by atoms with E-state index < -0.39 is 10.0 Å². The summed E-state index contributed by atoms with van der Waals surface area (Å²) in [6.45, 7) is 0. The fourth-order valence-electron chi connectivity index (χ4n) is 3.27. The summed E-state index contributed by atoms with van der Waals surface area (Å²) in [4.78, 5) is 20.8. The van der Waals surface area contributed by atoms with Crippen molar-refractivity contribution in [1.29, 1.82) is 0 Å². The van der Waals surface area contributed by atoms with E-state index in [0.29, 0.717) is 33.4 Å². The molecule has 0 unspecified atom stereocenters. The molecule has 0 saturated heterocycles. The van der Waals surface area contributed by atoms with E-state index in [1.165, 1.54) is 37.0 Å².